The van der Waals surface area contributed by atoms with Crippen molar-refractivity contribution in [2.75, 3.05) is 47.5 Å². The van der Waals surface area contributed by atoms with E-state index in [4.69, 9.17) is 18.5 Å². The van der Waals surface area contributed by atoms with Gasteiger partial charge in [-0.3, -0.25) is 14.2 Å². The van der Waals surface area contributed by atoms with Crippen LogP contribution in [0, 0.1) is 0 Å². The topological polar surface area (TPSA) is 111 Å². The van der Waals surface area contributed by atoms with Crippen LogP contribution in [0.2, 0.25) is 0 Å². The minimum Gasteiger partial charge on any atom is -0.756 e. The van der Waals surface area contributed by atoms with Crippen molar-refractivity contribution in [3.05, 3.63) is 36.5 Å². The molecule has 0 aliphatic heterocycles. The Bertz CT molecular complexity index is 1020. The SMILES string of the molecule is CCCCCCCC/C=C\C/C=C\C/C=C\CCCC(=O)O[C@H](COC(=O)CCCCCCCCCCCCCCC)COP(=O)([O-])OCC[N+](C)(C)C. The smallest absolute Gasteiger partial charge is 0.306 e. The average molecular weight is 784 g/mol. The van der Waals surface area contributed by atoms with E-state index in [0.29, 0.717) is 23.9 Å². The van der Waals surface area contributed by atoms with Gasteiger partial charge in [0.1, 0.15) is 19.8 Å². The van der Waals surface area contributed by atoms with Crippen LogP contribution in [0.25, 0.3) is 0 Å². The number of rotatable bonds is 39. The second kappa shape index (κ2) is 36.8. The second-order valence-electron chi connectivity index (χ2n) is 15.7. The van der Waals surface area contributed by atoms with Crippen molar-refractivity contribution < 1.29 is 42.1 Å². The average Bonchev–Trinajstić information content (AvgIpc) is 3.12. The highest BCUT2D eigenvalue weighted by atomic mass is 31.2. The fourth-order valence-corrected chi connectivity index (χ4v) is 6.46. The van der Waals surface area contributed by atoms with Crippen molar-refractivity contribution in [3.63, 3.8) is 0 Å². The molecule has 54 heavy (non-hydrogen) atoms. The quantitative estimate of drug-likeness (QED) is 0.0199. The molecule has 10 heteroatoms. The first-order valence-corrected chi connectivity index (χ1v) is 23.2. The Morgan fingerprint density at radius 3 is 1.54 bits per heavy atom. The van der Waals surface area contributed by atoms with E-state index in [9.17, 15) is 19.0 Å². The third-order valence-corrected chi connectivity index (χ3v) is 10.1. The summed E-state index contributed by atoms with van der Waals surface area (Å²) in [6.45, 7) is 4.16. The van der Waals surface area contributed by atoms with E-state index in [0.717, 1.165) is 38.5 Å². The van der Waals surface area contributed by atoms with E-state index in [-0.39, 0.29) is 26.1 Å². The van der Waals surface area contributed by atoms with Gasteiger partial charge in [0.15, 0.2) is 6.10 Å². The highest BCUT2D eigenvalue weighted by molar-refractivity contribution is 7.45. The number of likely N-dealkylation sites (N-methyl/N-ethyl adjacent to an activating group) is 1. The Balaban J connectivity index is 4.46. The summed E-state index contributed by atoms with van der Waals surface area (Å²) in [5.74, 6) is -0.893. The Morgan fingerprint density at radius 2 is 1.02 bits per heavy atom. The number of carbonyl (C=O) groups is 2. The summed E-state index contributed by atoms with van der Waals surface area (Å²) in [5.41, 5.74) is 0. The van der Waals surface area contributed by atoms with Gasteiger partial charge in [-0.2, -0.15) is 0 Å². The summed E-state index contributed by atoms with van der Waals surface area (Å²) in [6, 6.07) is 0. The molecule has 2 atom stereocenters. The van der Waals surface area contributed by atoms with Gasteiger partial charge in [-0.25, -0.2) is 0 Å². The first-order valence-electron chi connectivity index (χ1n) is 21.7. The van der Waals surface area contributed by atoms with Crippen LogP contribution in [0.3, 0.4) is 0 Å². The van der Waals surface area contributed by atoms with Crippen LogP contribution in [-0.2, 0) is 32.7 Å². The van der Waals surface area contributed by atoms with Crippen molar-refractivity contribution in [1.82, 2.24) is 0 Å². The molecule has 0 amide bonds. The molecule has 0 aliphatic rings. The van der Waals surface area contributed by atoms with E-state index in [1.165, 1.54) is 103 Å². The maximum absolute atomic E-state index is 12.6. The van der Waals surface area contributed by atoms with E-state index in [1.54, 1.807) is 0 Å². The predicted molar refractivity (Wildman–Crippen MR) is 222 cm³/mol. The minimum atomic E-state index is -4.63. The number of carbonyl (C=O) groups excluding carboxylic acids is 2. The van der Waals surface area contributed by atoms with Crippen LogP contribution in [0.4, 0.5) is 0 Å². The zero-order valence-corrected chi connectivity index (χ0v) is 36.3. The fourth-order valence-electron chi connectivity index (χ4n) is 5.73. The lowest BCUT2D eigenvalue weighted by atomic mass is 10.0. The van der Waals surface area contributed by atoms with Crippen LogP contribution < -0.4 is 4.89 Å². The summed E-state index contributed by atoms with van der Waals surface area (Å²) < 4.78 is 33.8. The highest BCUT2D eigenvalue weighted by Gasteiger charge is 2.21. The first-order chi connectivity index (χ1) is 26.0. The van der Waals surface area contributed by atoms with Gasteiger partial charge in [0.05, 0.1) is 27.7 Å². The number of unbranched alkanes of at least 4 members (excludes halogenated alkanes) is 19. The fraction of sp³-hybridized carbons (Fsp3) is 0.818. The van der Waals surface area contributed by atoms with Crippen molar-refractivity contribution >= 4 is 19.8 Å². The molecule has 0 saturated carbocycles. The van der Waals surface area contributed by atoms with Gasteiger partial charge >= 0.3 is 11.9 Å². The first kappa shape index (κ1) is 52.2. The summed E-state index contributed by atoms with van der Waals surface area (Å²) in [7, 11) is 1.14. The van der Waals surface area contributed by atoms with Gasteiger partial charge in [0, 0.05) is 12.8 Å². The summed E-state index contributed by atoms with van der Waals surface area (Å²) in [4.78, 5) is 37.4. The lowest BCUT2D eigenvalue weighted by Crippen LogP contribution is -2.37. The number of phosphoric ester groups is 1. The molecule has 1 unspecified atom stereocenters. The molecule has 0 spiro atoms. The summed E-state index contributed by atoms with van der Waals surface area (Å²) >= 11 is 0. The van der Waals surface area contributed by atoms with Crippen LogP contribution in [0.1, 0.15) is 181 Å². The van der Waals surface area contributed by atoms with E-state index < -0.39 is 32.5 Å². The molecule has 0 aromatic heterocycles. The molecular formula is C44H82NO8P. The van der Waals surface area contributed by atoms with Crippen molar-refractivity contribution in [3.8, 4) is 0 Å². The van der Waals surface area contributed by atoms with Gasteiger partial charge in [-0.05, 0) is 44.9 Å². The summed E-state index contributed by atoms with van der Waals surface area (Å²) in [6.07, 6.45) is 40.3. The normalized spacial score (nSPS) is 14.0. The molecule has 316 valence electrons. The lowest BCUT2D eigenvalue weighted by Gasteiger charge is -2.28. The zero-order valence-electron chi connectivity index (χ0n) is 35.4. The molecule has 0 aliphatic carbocycles. The molecule has 0 N–H and O–H groups in total. The van der Waals surface area contributed by atoms with Gasteiger partial charge in [-0.1, -0.05) is 159 Å². The number of hydrogen-bond acceptors (Lipinski definition) is 8. The number of ether oxygens (including phenoxy) is 2. The largest absolute Gasteiger partial charge is 0.756 e. The van der Waals surface area contributed by atoms with E-state index >= 15 is 0 Å². The van der Waals surface area contributed by atoms with E-state index in [1.807, 2.05) is 27.2 Å². The molecule has 0 rings (SSSR count). The van der Waals surface area contributed by atoms with Gasteiger partial charge < -0.3 is 27.9 Å². The van der Waals surface area contributed by atoms with Crippen molar-refractivity contribution in [2.45, 2.75) is 187 Å². The maximum Gasteiger partial charge on any atom is 0.306 e. The number of quaternary nitrogens is 1. The molecule has 0 radical (unpaired) electrons. The third kappa shape index (κ3) is 39.9. The van der Waals surface area contributed by atoms with Crippen LogP contribution in [0.15, 0.2) is 36.5 Å². The van der Waals surface area contributed by atoms with Crippen molar-refractivity contribution in [1.29, 1.82) is 0 Å². The van der Waals surface area contributed by atoms with E-state index in [2.05, 4.69) is 44.2 Å². The lowest BCUT2D eigenvalue weighted by molar-refractivity contribution is -0.870. The molecule has 0 bridgehead atoms. The monoisotopic (exact) mass is 784 g/mol. The summed E-state index contributed by atoms with van der Waals surface area (Å²) in [5, 5.41) is 0. The van der Waals surface area contributed by atoms with Crippen LogP contribution >= 0.6 is 7.82 Å². The second-order valence-corrected chi connectivity index (χ2v) is 17.1. The number of nitrogens with zero attached hydrogens (tertiary/aromatic N) is 1. The van der Waals surface area contributed by atoms with Crippen molar-refractivity contribution in [2.24, 2.45) is 0 Å². The zero-order chi connectivity index (χ0) is 40.0. The number of esters is 2. The Labute approximate surface area is 331 Å². The molecule has 9 nitrogen and oxygen atoms in total. The Kier molecular flexibility index (Phi) is 35.6. The third-order valence-electron chi connectivity index (χ3n) is 9.16. The van der Waals surface area contributed by atoms with Gasteiger partial charge in [0.2, 0.25) is 0 Å². The highest BCUT2D eigenvalue weighted by Crippen LogP contribution is 2.38. The van der Waals surface area contributed by atoms with Gasteiger partial charge in [0.25, 0.3) is 7.82 Å². The van der Waals surface area contributed by atoms with Crippen LogP contribution in [0.5, 0.6) is 0 Å². The Hall–Kier alpha value is -1.77. The number of allylic oxidation sites excluding steroid dienone is 6. The molecule has 0 saturated heterocycles. The standard InChI is InChI=1S/C44H82NO8P/c1-6-8-10-12-14-16-18-20-21-22-23-25-27-29-31-33-35-37-44(47)53-42(41-52-54(48,49)51-39-38-45(3,4)5)40-50-43(46)36-34-32-30-28-26-24-19-17-15-13-11-9-7-2/h20-21,23,25,29,31,42H,6-19,22,24,26-28,30,32-41H2,1-5H3/b21-20-,25-23-,31-29-/t42-/m1/s1. The maximum atomic E-state index is 12.6. The molecule has 0 aromatic carbocycles. The Morgan fingerprint density at radius 1 is 0.574 bits per heavy atom. The predicted octanol–water partition coefficient (Wildman–Crippen LogP) is 11.5. The molecule has 0 fully saturated rings. The number of hydrogen-bond donors (Lipinski definition) is 0. The van der Waals surface area contributed by atoms with Gasteiger partial charge in [-0.15, -0.1) is 0 Å². The molecular weight excluding hydrogens is 701 g/mol. The van der Waals surface area contributed by atoms with Crippen LogP contribution in [-0.4, -0.2) is 70.0 Å². The number of phosphoric acid groups is 1. The molecule has 0 heterocycles. The minimum absolute atomic E-state index is 0.0392. The molecule has 0 aromatic rings.